The zero-order valence-electron chi connectivity index (χ0n) is 11.3. The topological polar surface area (TPSA) is 50.4 Å². The second-order valence-corrected chi connectivity index (χ2v) is 4.84. The summed E-state index contributed by atoms with van der Waals surface area (Å²) in [5.41, 5.74) is 0.753. The van der Waals surface area contributed by atoms with Gasteiger partial charge in [-0.05, 0) is 38.9 Å². The van der Waals surface area contributed by atoms with Crippen LogP contribution in [-0.2, 0) is 4.79 Å². The van der Waals surface area contributed by atoms with E-state index < -0.39 is 0 Å². The first-order valence-corrected chi connectivity index (χ1v) is 6.44. The number of amides is 1. The number of para-hydroxylation sites is 2. The van der Waals surface area contributed by atoms with Gasteiger partial charge in [-0.15, -0.1) is 12.4 Å². The fourth-order valence-electron chi connectivity index (χ4n) is 2.04. The SMILES string of the molecule is CC(C)Oc1ccccc1NC(=O)C1CCNC1.Cl. The molecule has 0 spiro atoms. The molecule has 1 amide bonds. The Balaban J connectivity index is 0.00000180. The Morgan fingerprint density at radius 3 is 2.79 bits per heavy atom. The second kappa shape index (κ2) is 7.36. The molecule has 0 bridgehead atoms. The van der Waals surface area contributed by atoms with Crippen LogP contribution in [0.1, 0.15) is 20.3 Å². The van der Waals surface area contributed by atoms with Gasteiger partial charge >= 0.3 is 0 Å². The Labute approximate surface area is 120 Å². The van der Waals surface area contributed by atoms with Crippen LogP contribution in [0.15, 0.2) is 24.3 Å². The first-order valence-electron chi connectivity index (χ1n) is 6.44. The summed E-state index contributed by atoms with van der Waals surface area (Å²) in [6, 6.07) is 7.56. The molecule has 19 heavy (non-hydrogen) atoms. The van der Waals surface area contributed by atoms with Crippen molar-refractivity contribution in [1.29, 1.82) is 0 Å². The monoisotopic (exact) mass is 284 g/mol. The van der Waals surface area contributed by atoms with Gasteiger partial charge in [-0.2, -0.15) is 0 Å². The number of carbonyl (C=O) groups excluding carboxylic acids is 1. The van der Waals surface area contributed by atoms with E-state index in [1.807, 2.05) is 38.1 Å². The molecule has 1 unspecified atom stereocenters. The zero-order chi connectivity index (χ0) is 13.0. The maximum absolute atomic E-state index is 12.0. The number of rotatable bonds is 4. The van der Waals surface area contributed by atoms with E-state index in [1.165, 1.54) is 0 Å². The average molecular weight is 285 g/mol. The largest absolute Gasteiger partial charge is 0.489 e. The molecule has 1 aliphatic heterocycles. The van der Waals surface area contributed by atoms with Gasteiger partial charge in [0.05, 0.1) is 17.7 Å². The summed E-state index contributed by atoms with van der Waals surface area (Å²) >= 11 is 0. The fraction of sp³-hybridized carbons (Fsp3) is 0.500. The lowest BCUT2D eigenvalue weighted by atomic mass is 10.1. The molecular weight excluding hydrogens is 264 g/mol. The number of anilines is 1. The number of carbonyl (C=O) groups is 1. The van der Waals surface area contributed by atoms with Crippen LogP contribution in [-0.4, -0.2) is 25.1 Å². The molecule has 2 rings (SSSR count). The minimum Gasteiger partial charge on any atom is -0.489 e. The van der Waals surface area contributed by atoms with Crippen LogP contribution in [0.2, 0.25) is 0 Å². The smallest absolute Gasteiger partial charge is 0.228 e. The quantitative estimate of drug-likeness (QED) is 0.893. The molecule has 106 valence electrons. The highest BCUT2D eigenvalue weighted by Gasteiger charge is 2.23. The summed E-state index contributed by atoms with van der Waals surface area (Å²) < 4.78 is 5.68. The molecule has 1 saturated heterocycles. The Morgan fingerprint density at radius 2 is 2.16 bits per heavy atom. The molecule has 1 aromatic rings. The standard InChI is InChI=1S/C14H20N2O2.ClH/c1-10(2)18-13-6-4-3-5-12(13)16-14(17)11-7-8-15-9-11;/h3-6,10-11,15H,7-9H2,1-2H3,(H,16,17);1H. The summed E-state index contributed by atoms with van der Waals surface area (Å²) in [6.07, 6.45) is 0.996. The van der Waals surface area contributed by atoms with Gasteiger partial charge in [0.15, 0.2) is 0 Å². The Kier molecular flexibility index (Phi) is 6.12. The number of hydrogen-bond donors (Lipinski definition) is 2. The third-order valence-corrected chi connectivity index (χ3v) is 2.94. The third-order valence-electron chi connectivity index (χ3n) is 2.94. The first-order chi connectivity index (χ1) is 8.66. The van der Waals surface area contributed by atoms with E-state index in [9.17, 15) is 4.79 Å². The maximum atomic E-state index is 12.0. The summed E-state index contributed by atoms with van der Waals surface area (Å²) in [7, 11) is 0. The number of benzene rings is 1. The van der Waals surface area contributed by atoms with Crippen LogP contribution >= 0.6 is 12.4 Å². The predicted molar refractivity (Wildman–Crippen MR) is 79.1 cm³/mol. The van der Waals surface area contributed by atoms with Crippen molar-refractivity contribution in [1.82, 2.24) is 5.32 Å². The highest BCUT2D eigenvalue weighted by Crippen LogP contribution is 2.25. The molecule has 1 heterocycles. The molecule has 1 aliphatic rings. The third kappa shape index (κ3) is 4.40. The summed E-state index contributed by atoms with van der Waals surface area (Å²) in [6.45, 7) is 5.63. The van der Waals surface area contributed by atoms with Crippen molar-refractivity contribution in [2.45, 2.75) is 26.4 Å². The Bertz CT molecular complexity index is 418. The lowest BCUT2D eigenvalue weighted by molar-refractivity contribution is -0.119. The van der Waals surface area contributed by atoms with Crippen molar-refractivity contribution in [3.63, 3.8) is 0 Å². The highest BCUT2D eigenvalue weighted by molar-refractivity contribution is 5.94. The molecule has 0 aliphatic carbocycles. The van der Waals surface area contributed by atoms with E-state index in [4.69, 9.17) is 4.74 Å². The van der Waals surface area contributed by atoms with Gasteiger partial charge in [0.2, 0.25) is 5.91 Å². The molecule has 1 fully saturated rings. The molecule has 0 saturated carbocycles. The molecule has 5 heteroatoms. The van der Waals surface area contributed by atoms with E-state index in [1.54, 1.807) is 0 Å². The van der Waals surface area contributed by atoms with Crippen molar-refractivity contribution in [3.8, 4) is 5.75 Å². The van der Waals surface area contributed by atoms with Crippen molar-refractivity contribution >= 4 is 24.0 Å². The Morgan fingerprint density at radius 1 is 1.42 bits per heavy atom. The molecule has 0 radical (unpaired) electrons. The van der Waals surface area contributed by atoms with Gasteiger partial charge in [-0.3, -0.25) is 4.79 Å². The van der Waals surface area contributed by atoms with Gasteiger partial charge < -0.3 is 15.4 Å². The van der Waals surface area contributed by atoms with Crippen LogP contribution in [0.25, 0.3) is 0 Å². The minimum absolute atomic E-state index is 0. The van der Waals surface area contributed by atoms with Gasteiger partial charge in [0.1, 0.15) is 5.75 Å². The summed E-state index contributed by atoms with van der Waals surface area (Å²) in [5.74, 6) is 0.865. The molecule has 0 aromatic heterocycles. The number of halogens is 1. The van der Waals surface area contributed by atoms with Crippen LogP contribution < -0.4 is 15.4 Å². The normalized spacial score (nSPS) is 17.9. The van der Waals surface area contributed by atoms with E-state index in [0.717, 1.165) is 30.9 Å². The van der Waals surface area contributed by atoms with Gasteiger partial charge in [0, 0.05) is 6.54 Å². The van der Waals surface area contributed by atoms with Crippen LogP contribution in [0.4, 0.5) is 5.69 Å². The average Bonchev–Trinajstić information content (AvgIpc) is 2.84. The van der Waals surface area contributed by atoms with Crippen molar-refractivity contribution in [3.05, 3.63) is 24.3 Å². The van der Waals surface area contributed by atoms with Crippen LogP contribution in [0.3, 0.4) is 0 Å². The highest BCUT2D eigenvalue weighted by atomic mass is 35.5. The van der Waals surface area contributed by atoms with Gasteiger partial charge in [-0.25, -0.2) is 0 Å². The molecular formula is C14H21ClN2O2. The predicted octanol–water partition coefficient (Wildman–Crippen LogP) is 2.44. The number of hydrogen-bond acceptors (Lipinski definition) is 3. The van der Waals surface area contributed by atoms with Crippen LogP contribution in [0.5, 0.6) is 5.75 Å². The first kappa shape index (κ1) is 15.8. The van der Waals surface area contributed by atoms with E-state index in [-0.39, 0.29) is 30.3 Å². The number of nitrogens with one attached hydrogen (secondary N) is 2. The van der Waals surface area contributed by atoms with Crippen molar-refractivity contribution in [2.75, 3.05) is 18.4 Å². The second-order valence-electron chi connectivity index (χ2n) is 4.84. The van der Waals surface area contributed by atoms with E-state index >= 15 is 0 Å². The molecule has 1 atom stereocenters. The number of ether oxygens (including phenoxy) is 1. The summed E-state index contributed by atoms with van der Waals surface area (Å²) in [5, 5.41) is 6.15. The zero-order valence-corrected chi connectivity index (χ0v) is 12.1. The molecule has 4 nitrogen and oxygen atoms in total. The summed E-state index contributed by atoms with van der Waals surface area (Å²) in [4.78, 5) is 12.0. The molecule has 2 N–H and O–H groups in total. The van der Waals surface area contributed by atoms with Gasteiger partial charge in [0.25, 0.3) is 0 Å². The minimum atomic E-state index is 0. The van der Waals surface area contributed by atoms with Crippen molar-refractivity contribution in [2.24, 2.45) is 5.92 Å². The van der Waals surface area contributed by atoms with E-state index in [2.05, 4.69) is 10.6 Å². The fourth-order valence-corrected chi connectivity index (χ4v) is 2.04. The molecule has 1 aromatic carbocycles. The van der Waals surface area contributed by atoms with Gasteiger partial charge in [-0.1, -0.05) is 12.1 Å². The van der Waals surface area contributed by atoms with Crippen LogP contribution in [0, 0.1) is 5.92 Å². The maximum Gasteiger partial charge on any atom is 0.228 e. The lowest BCUT2D eigenvalue weighted by Gasteiger charge is -2.16. The Hall–Kier alpha value is -1.26. The lowest BCUT2D eigenvalue weighted by Crippen LogP contribution is -2.25. The van der Waals surface area contributed by atoms with E-state index in [0.29, 0.717) is 0 Å². The van der Waals surface area contributed by atoms with Crippen molar-refractivity contribution < 1.29 is 9.53 Å².